The fourth-order valence-electron chi connectivity index (χ4n) is 1.70. The molecule has 1 N–H and O–H groups in total. The van der Waals surface area contributed by atoms with Gasteiger partial charge in [-0.05, 0) is 43.7 Å². The molecule has 18 heavy (non-hydrogen) atoms. The van der Waals surface area contributed by atoms with E-state index in [0.29, 0.717) is 6.61 Å². The van der Waals surface area contributed by atoms with Crippen LogP contribution >= 0.6 is 27.5 Å². The summed E-state index contributed by atoms with van der Waals surface area (Å²) in [6.45, 7) is 6.52. The third-order valence-electron chi connectivity index (χ3n) is 2.47. The maximum absolute atomic E-state index is 5.76. The van der Waals surface area contributed by atoms with E-state index in [1.165, 1.54) is 11.1 Å². The Labute approximate surface area is 122 Å². The zero-order valence-corrected chi connectivity index (χ0v) is 13.1. The van der Waals surface area contributed by atoms with E-state index >= 15 is 0 Å². The number of hydrogen-bond acceptors (Lipinski definition) is 2. The Morgan fingerprint density at radius 1 is 1.44 bits per heavy atom. The van der Waals surface area contributed by atoms with Crippen molar-refractivity contribution < 1.29 is 4.74 Å². The molecule has 2 nitrogen and oxygen atoms in total. The van der Waals surface area contributed by atoms with E-state index in [1.54, 1.807) is 6.08 Å². The largest absolute Gasteiger partial charge is 0.489 e. The van der Waals surface area contributed by atoms with Crippen molar-refractivity contribution in [2.75, 3.05) is 13.2 Å². The van der Waals surface area contributed by atoms with Gasteiger partial charge in [-0.15, -0.1) is 0 Å². The van der Waals surface area contributed by atoms with Crippen LogP contribution < -0.4 is 10.1 Å². The van der Waals surface area contributed by atoms with Gasteiger partial charge in [-0.25, -0.2) is 0 Å². The van der Waals surface area contributed by atoms with Crippen LogP contribution in [-0.4, -0.2) is 13.2 Å². The standard InChI is InChI=1S/C14H19BrClNO/c1-3-6-17-10-12-9-13(15)8-11(2)14(12)18-7-4-5-16/h4-5,8-9,17H,3,6-7,10H2,1-2H3/b5-4+. The summed E-state index contributed by atoms with van der Waals surface area (Å²) in [5.41, 5.74) is 3.77. The Hall–Kier alpha value is -0.510. The molecule has 0 heterocycles. The summed E-state index contributed by atoms with van der Waals surface area (Å²) in [5, 5.41) is 3.39. The van der Waals surface area contributed by atoms with Gasteiger partial charge in [0.2, 0.25) is 0 Å². The molecule has 100 valence electrons. The average Bonchev–Trinajstić information content (AvgIpc) is 2.32. The van der Waals surface area contributed by atoms with E-state index in [0.717, 1.165) is 35.3 Å². The molecule has 0 saturated carbocycles. The molecule has 0 fully saturated rings. The second kappa shape index (κ2) is 8.57. The van der Waals surface area contributed by atoms with Crippen LogP contribution in [0.25, 0.3) is 0 Å². The lowest BCUT2D eigenvalue weighted by atomic mass is 10.1. The van der Waals surface area contributed by atoms with Crippen molar-refractivity contribution in [1.29, 1.82) is 0 Å². The van der Waals surface area contributed by atoms with Crippen LogP contribution in [0.4, 0.5) is 0 Å². The zero-order valence-electron chi connectivity index (χ0n) is 10.8. The van der Waals surface area contributed by atoms with Crippen LogP contribution in [0.5, 0.6) is 5.75 Å². The SMILES string of the molecule is CCCNCc1cc(Br)cc(C)c1OC/C=C/Cl. The molecule has 0 aliphatic rings. The normalized spacial score (nSPS) is 11.1. The lowest BCUT2D eigenvalue weighted by Gasteiger charge is -2.14. The molecule has 0 aromatic heterocycles. The Morgan fingerprint density at radius 3 is 2.89 bits per heavy atom. The minimum absolute atomic E-state index is 0.493. The summed E-state index contributed by atoms with van der Waals surface area (Å²) < 4.78 is 6.84. The quantitative estimate of drug-likeness (QED) is 0.748. The molecule has 0 saturated heterocycles. The van der Waals surface area contributed by atoms with E-state index < -0.39 is 0 Å². The Kier molecular flexibility index (Phi) is 7.40. The molecule has 0 unspecified atom stereocenters. The number of rotatable bonds is 7. The predicted octanol–water partition coefficient (Wildman–Crippen LogP) is 4.39. The van der Waals surface area contributed by atoms with Crippen molar-refractivity contribution in [2.45, 2.75) is 26.8 Å². The van der Waals surface area contributed by atoms with Gasteiger partial charge in [-0.3, -0.25) is 0 Å². The summed E-state index contributed by atoms with van der Waals surface area (Å²) in [7, 11) is 0. The molecule has 1 aromatic carbocycles. The average molecular weight is 333 g/mol. The van der Waals surface area contributed by atoms with E-state index in [9.17, 15) is 0 Å². The van der Waals surface area contributed by atoms with E-state index in [-0.39, 0.29) is 0 Å². The molecule has 4 heteroatoms. The molecule has 0 aliphatic heterocycles. The van der Waals surface area contributed by atoms with Gasteiger partial charge in [0.1, 0.15) is 12.4 Å². The maximum Gasteiger partial charge on any atom is 0.127 e. The van der Waals surface area contributed by atoms with Gasteiger partial charge in [-0.1, -0.05) is 34.5 Å². The number of halogens is 2. The first kappa shape index (κ1) is 15.5. The van der Waals surface area contributed by atoms with E-state index in [2.05, 4.69) is 40.3 Å². The summed E-state index contributed by atoms with van der Waals surface area (Å²) >= 11 is 9.01. The zero-order chi connectivity index (χ0) is 13.4. The van der Waals surface area contributed by atoms with Crippen LogP contribution in [0, 0.1) is 6.92 Å². The van der Waals surface area contributed by atoms with Crippen molar-refractivity contribution in [3.05, 3.63) is 39.3 Å². The Balaban J connectivity index is 2.82. The lowest BCUT2D eigenvalue weighted by molar-refractivity contribution is 0.355. The third-order valence-corrected chi connectivity index (χ3v) is 3.11. The van der Waals surface area contributed by atoms with Gasteiger partial charge in [0.05, 0.1) is 0 Å². The minimum Gasteiger partial charge on any atom is -0.489 e. The molecule has 0 spiro atoms. The second-order valence-corrected chi connectivity index (χ2v) is 5.23. The number of nitrogens with one attached hydrogen (secondary N) is 1. The molecule has 0 radical (unpaired) electrons. The van der Waals surface area contributed by atoms with Crippen LogP contribution in [0.1, 0.15) is 24.5 Å². The lowest BCUT2D eigenvalue weighted by Crippen LogP contribution is -2.15. The van der Waals surface area contributed by atoms with Crippen molar-refractivity contribution >= 4 is 27.5 Å². The van der Waals surface area contributed by atoms with E-state index in [4.69, 9.17) is 16.3 Å². The van der Waals surface area contributed by atoms with Gasteiger partial charge in [-0.2, -0.15) is 0 Å². The number of benzene rings is 1. The highest BCUT2D eigenvalue weighted by Gasteiger charge is 2.08. The Bertz CT molecular complexity index is 407. The highest BCUT2D eigenvalue weighted by atomic mass is 79.9. The van der Waals surface area contributed by atoms with E-state index in [1.807, 2.05) is 6.92 Å². The number of hydrogen-bond donors (Lipinski definition) is 1. The molecule has 1 aromatic rings. The Morgan fingerprint density at radius 2 is 2.22 bits per heavy atom. The van der Waals surface area contributed by atoms with Crippen LogP contribution in [-0.2, 0) is 6.54 Å². The summed E-state index contributed by atoms with van der Waals surface area (Å²) in [6.07, 6.45) is 2.91. The molecule has 0 amide bonds. The molecule has 1 rings (SSSR count). The third kappa shape index (κ3) is 5.01. The number of aryl methyl sites for hydroxylation is 1. The molecule has 0 aliphatic carbocycles. The molecular formula is C14H19BrClNO. The molecular weight excluding hydrogens is 314 g/mol. The number of ether oxygens (including phenoxy) is 1. The van der Waals surface area contributed by atoms with Gasteiger partial charge in [0, 0.05) is 22.1 Å². The second-order valence-electron chi connectivity index (χ2n) is 4.06. The minimum atomic E-state index is 0.493. The first-order valence-corrected chi connectivity index (χ1v) is 7.29. The van der Waals surface area contributed by atoms with Crippen molar-refractivity contribution in [1.82, 2.24) is 5.32 Å². The summed E-state index contributed by atoms with van der Waals surface area (Å²) in [4.78, 5) is 0. The smallest absolute Gasteiger partial charge is 0.127 e. The van der Waals surface area contributed by atoms with Crippen LogP contribution in [0.3, 0.4) is 0 Å². The van der Waals surface area contributed by atoms with Gasteiger partial charge >= 0.3 is 0 Å². The van der Waals surface area contributed by atoms with Gasteiger partial charge in [0.25, 0.3) is 0 Å². The first-order valence-electron chi connectivity index (χ1n) is 6.06. The predicted molar refractivity (Wildman–Crippen MR) is 81.4 cm³/mol. The fourth-order valence-corrected chi connectivity index (χ4v) is 2.40. The highest BCUT2D eigenvalue weighted by molar-refractivity contribution is 9.10. The monoisotopic (exact) mass is 331 g/mol. The van der Waals surface area contributed by atoms with Crippen molar-refractivity contribution in [2.24, 2.45) is 0 Å². The van der Waals surface area contributed by atoms with Crippen LogP contribution in [0.15, 0.2) is 28.2 Å². The van der Waals surface area contributed by atoms with Gasteiger partial charge < -0.3 is 10.1 Å². The molecule has 0 atom stereocenters. The van der Waals surface area contributed by atoms with Crippen molar-refractivity contribution in [3.8, 4) is 5.75 Å². The fraction of sp³-hybridized carbons (Fsp3) is 0.429. The molecule has 0 bridgehead atoms. The van der Waals surface area contributed by atoms with Gasteiger partial charge in [0.15, 0.2) is 0 Å². The van der Waals surface area contributed by atoms with Crippen molar-refractivity contribution in [3.63, 3.8) is 0 Å². The summed E-state index contributed by atoms with van der Waals surface area (Å²) in [5.74, 6) is 0.941. The topological polar surface area (TPSA) is 21.3 Å². The summed E-state index contributed by atoms with van der Waals surface area (Å²) in [6, 6.07) is 4.15. The van der Waals surface area contributed by atoms with Crippen LogP contribution in [0.2, 0.25) is 0 Å². The highest BCUT2D eigenvalue weighted by Crippen LogP contribution is 2.28. The first-order chi connectivity index (χ1) is 8.69. The maximum atomic E-state index is 5.76.